The highest BCUT2D eigenvalue weighted by Gasteiger charge is 2.36. The molecule has 6 nitrogen and oxygen atoms in total. The van der Waals surface area contributed by atoms with Gasteiger partial charge in [0.05, 0.1) is 18.2 Å². The fourth-order valence-electron chi connectivity index (χ4n) is 2.85. The van der Waals surface area contributed by atoms with E-state index in [2.05, 4.69) is 10.1 Å². The molecule has 0 fully saturated rings. The molecule has 0 saturated carbocycles. The standard InChI is InChI=1S/C19H24F2N2O4/c1-4-5-8-11-26-17(24)15-12(2)23(3)19(25)22-16(15)13-9-6-7-10-14(13)27-18(20)21/h6-7,9-10,16,18H,4-5,8,11H2,1-3H3,(H,22,25). The number of carbonyl (C=O) groups excluding carboxylic acids is 2. The summed E-state index contributed by atoms with van der Waals surface area (Å²) in [6.45, 7) is 0.881. The van der Waals surface area contributed by atoms with Crippen molar-refractivity contribution in [3.8, 4) is 5.75 Å². The topological polar surface area (TPSA) is 67.9 Å². The quantitative estimate of drug-likeness (QED) is 0.545. The Morgan fingerprint density at radius 1 is 1.30 bits per heavy atom. The van der Waals surface area contributed by atoms with E-state index >= 15 is 0 Å². The van der Waals surface area contributed by atoms with Crippen LogP contribution in [-0.4, -0.2) is 37.2 Å². The molecule has 1 N–H and O–H groups in total. The first-order chi connectivity index (χ1) is 12.9. The highest BCUT2D eigenvalue weighted by Crippen LogP contribution is 2.36. The van der Waals surface area contributed by atoms with Gasteiger partial charge in [-0.05, 0) is 19.4 Å². The largest absolute Gasteiger partial charge is 0.462 e. The number of ether oxygens (including phenoxy) is 2. The lowest BCUT2D eigenvalue weighted by Gasteiger charge is -2.33. The van der Waals surface area contributed by atoms with Crippen molar-refractivity contribution in [2.45, 2.75) is 45.8 Å². The van der Waals surface area contributed by atoms with E-state index in [-0.39, 0.29) is 23.5 Å². The van der Waals surface area contributed by atoms with Gasteiger partial charge in [0.1, 0.15) is 5.75 Å². The fraction of sp³-hybridized carbons (Fsp3) is 0.474. The van der Waals surface area contributed by atoms with Gasteiger partial charge >= 0.3 is 18.6 Å². The lowest BCUT2D eigenvalue weighted by molar-refractivity contribution is -0.139. The van der Waals surface area contributed by atoms with Crippen LogP contribution in [0.3, 0.4) is 0 Å². The van der Waals surface area contributed by atoms with Crippen molar-refractivity contribution in [1.82, 2.24) is 10.2 Å². The van der Waals surface area contributed by atoms with Gasteiger partial charge in [0, 0.05) is 18.3 Å². The Balaban J connectivity index is 2.38. The van der Waals surface area contributed by atoms with E-state index in [1.165, 1.54) is 30.1 Å². The zero-order valence-electron chi connectivity index (χ0n) is 15.6. The van der Waals surface area contributed by atoms with Crippen molar-refractivity contribution < 1.29 is 27.8 Å². The van der Waals surface area contributed by atoms with Gasteiger partial charge in [0.2, 0.25) is 0 Å². The van der Waals surface area contributed by atoms with Crippen LogP contribution in [0.25, 0.3) is 0 Å². The van der Waals surface area contributed by atoms with E-state index in [1.807, 2.05) is 6.92 Å². The predicted molar refractivity (Wildman–Crippen MR) is 95.3 cm³/mol. The number of hydrogen-bond acceptors (Lipinski definition) is 4. The van der Waals surface area contributed by atoms with Crippen molar-refractivity contribution >= 4 is 12.0 Å². The van der Waals surface area contributed by atoms with Gasteiger partial charge in [0.25, 0.3) is 0 Å². The van der Waals surface area contributed by atoms with E-state index in [0.29, 0.717) is 5.70 Å². The number of nitrogens with one attached hydrogen (secondary N) is 1. The Morgan fingerprint density at radius 2 is 2.00 bits per heavy atom. The second-order valence-electron chi connectivity index (χ2n) is 6.20. The minimum atomic E-state index is -3.03. The lowest BCUT2D eigenvalue weighted by atomic mass is 9.94. The van der Waals surface area contributed by atoms with Crippen LogP contribution in [-0.2, 0) is 9.53 Å². The first-order valence-corrected chi connectivity index (χ1v) is 8.82. The Morgan fingerprint density at radius 3 is 2.67 bits per heavy atom. The monoisotopic (exact) mass is 382 g/mol. The summed E-state index contributed by atoms with van der Waals surface area (Å²) in [6, 6.07) is 4.67. The average molecular weight is 382 g/mol. The molecule has 1 heterocycles. The van der Waals surface area contributed by atoms with Gasteiger partial charge in [-0.3, -0.25) is 0 Å². The molecule has 2 rings (SSSR count). The van der Waals surface area contributed by atoms with E-state index in [9.17, 15) is 18.4 Å². The number of hydrogen-bond donors (Lipinski definition) is 1. The molecule has 8 heteroatoms. The van der Waals surface area contributed by atoms with Crippen molar-refractivity contribution in [2.75, 3.05) is 13.7 Å². The molecule has 1 unspecified atom stereocenters. The van der Waals surface area contributed by atoms with E-state index in [4.69, 9.17) is 4.74 Å². The third kappa shape index (κ3) is 4.96. The van der Waals surface area contributed by atoms with E-state index in [1.54, 1.807) is 13.0 Å². The molecule has 1 aromatic rings. The number of unbranched alkanes of at least 4 members (excludes halogenated alkanes) is 2. The Labute approximate surface area is 157 Å². The van der Waals surface area contributed by atoms with Crippen LogP contribution in [0.2, 0.25) is 0 Å². The van der Waals surface area contributed by atoms with Crippen LogP contribution in [0.15, 0.2) is 35.5 Å². The van der Waals surface area contributed by atoms with Crippen molar-refractivity contribution in [3.05, 3.63) is 41.1 Å². The molecule has 148 valence electrons. The second kappa shape index (κ2) is 9.34. The van der Waals surface area contributed by atoms with Crippen LogP contribution in [0.4, 0.5) is 13.6 Å². The van der Waals surface area contributed by atoms with Crippen LogP contribution >= 0.6 is 0 Å². The second-order valence-corrected chi connectivity index (χ2v) is 6.20. The molecule has 0 spiro atoms. The summed E-state index contributed by atoms with van der Waals surface area (Å²) in [7, 11) is 1.52. The summed E-state index contributed by atoms with van der Waals surface area (Å²) >= 11 is 0. The Kier molecular flexibility index (Phi) is 7.15. The zero-order valence-corrected chi connectivity index (χ0v) is 15.6. The summed E-state index contributed by atoms with van der Waals surface area (Å²) in [5.74, 6) is -0.696. The van der Waals surface area contributed by atoms with Crippen molar-refractivity contribution in [2.24, 2.45) is 0 Å². The number of benzene rings is 1. The smallest absolute Gasteiger partial charge is 0.387 e. The maximum absolute atomic E-state index is 12.8. The van der Waals surface area contributed by atoms with E-state index < -0.39 is 24.7 Å². The molecule has 0 aromatic heterocycles. The van der Waals surface area contributed by atoms with Gasteiger partial charge in [-0.2, -0.15) is 8.78 Å². The molecular formula is C19H24F2N2O4. The predicted octanol–water partition coefficient (Wildman–Crippen LogP) is 3.99. The summed E-state index contributed by atoms with van der Waals surface area (Å²) < 4.78 is 35.4. The first-order valence-electron chi connectivity index (χ1n) is 8.82. The number of rotatable bonds is 8. The normalized spacial score (nSPS) is 17.2. The third-order valence-corrected chi connectivity index (χ3v) is 4.40. The highest BCUT2D eigenvalue weighted by atomic mass is 19.3. The number of esters is 1. The fourth-order valence-corrected chi connectivity index (χ4v) is 2.85. The van der Waals surface area contributed by atoms with E-state index in [0.717, 1.165) is 19.3 Å². The molecule has 2 amide bonds. The van der Waals surface area contributed by atoms with Crippen LogP contribution in [0.5, 0.6) is 5.75 Å². The molecule has 0 aliphatic carbocycles. The number of amides is 2. The minimum Gasteiger partial charge on any atom is -0.462 e. The number of nitrogens with zero attached hydrogens (tertiary/aromatic N) is 1. The number of carbonyl (C=O) groups is 2. The highest BCUT2D eigenvalue weighted by molar-refractivity contribution is 5.95. The summed E-state index contributed by atoms with van der Waals surface area (Å²) in [5.41, 5.74) is 0.856. The zero-order chi connectivity index (χ0) is 20.0. The van der Waals surface area contributed by atoms with Gasteiger partial charge < -0.3 is 19.7 Å². The number of alkyl halides is 2. The summed E-state index contributed by atoms with van der Waals surface area (Å²) in [6.07, 6.45) is 2.64. The lowest BCUT2D eigenvalue weighted by Crippen LogP contribution is -2.46. The van der Waals surface area contributed by atoms with Crippen LogP contribution < -0.4 is 10.1 Å². The molecule has 1 aliphatic heterocycles. The van der Waals surface area contributed by atoms with Gasteiger partial charge in [-0.25, -0.2) is 9.59 Å². The first kappa shape index (κ1) is 20.7. The summed E-state index contributed by atoms with van der Waals surface area (Å²) in [5, 5.41) is 2.66. The Bertz CT molecular complexity index is 721. The van der Waals surface area contributed by atoms with Crippen molar-refractivity contribution in [1.29, 1.82) is 0 Å². The number of para-hydroxylation sites is 1. The molecule has 1 aromatic carbocycles. The Hall–Kier alpha value is -2.64. The van der Waals surface area contributed by atoms with Gasteiger partial charge in [-0.15, -0.1) is 0 Å². The van der Waals surface area contributed by atoms with Gasteiger partial charge in [0.15, 0.2) is 0 Å². The summed E-state index contributed by atoms with van der Waals surface area (Å²) in [4.78, 5) is 26.2. The maximum atomic E-state index is 12.8. The molecule has 0 bridgehead atoms. The maximum Gasteiger partial charge on any atom is 0.387 e. The third-order valence-electron chi connectivity index (χ3n) is 4.40. The number of urea groups is 1. The SMILES string of the molecule is CCCCCOC(=O)C1=C(C)N(C)C(=O)NC1c1ccccc1OC(F)F. The van der Waals surface area contributed by atoms with Gasteiger partial charge in [-0.1, -0.05) is 38.0 Å². The number of allylic oxidation sites excluding steroid dienone is 1. The molecule has 0 radical (unpaired) electrons. The molecule has 1 aliphatic rings. The average Bonchev–Trinajstić information content (AvgIpc) is 2.63. The van der Waals surface area contributed by atoms with Crippen LogP contribution in [0, 0.1) is 0 Å². The molecule has 27 heavy (non-hydrogen) atoms. The number of halogens is 2. The molecule has 1 atom stereocenters. The molecule has 0 saturated heterocycles. The molecular weight excluding hydrogens is 358 g/mol. The van der Waals surface area contributed by atoms with Crippen molar-refractivity contribution in [3.63, 3.8) is 0 Å². The minimum absolute atomic E-state index is 0.105. The van der Waals surface area contributed by atoms with Crippen LogP contribution in [0.1, 0.15) is 44.7 Å².